The van der Waals surface area contributed by atoms with Gasteiger partial charge in [-0.05, 0) is 55.4 Å². The summed E-state index contributed by atoms with van der Waals surface area (Å²) < 4.78 is 0. The van der Waals surface area contributed by atoms with Crippen molar-refractivity contribution in [1.29, 1.82) is 0 Å². The number of rotatable bonds is 4. The third-order valence-electron chi connectivity index (χ3n) is 4.40. The number of benzene rings is 2. The Hall–Kier alpha value is -2.40. The molecule has 0 unspecified atom stereocenters. The van der Waals surface area contributed by atoms with Crippen molar-refractivity contribution < 1.29 is 4.79 Å². The number of thiocarbonyl (C=S) groups is 1. The van der Waals surface area contributed by atoms with Crippen LogP contribution in [-0.2, 0) is 4.79 Å². The molecule has 1 aliphatic rings. The highest BCUT2D eigenvalue weighted by atomic mass is 32.1. The van der Waals surface area contributed by atoms with Crippen LogP contribution in [-0.4, -0.2) is 11.0 Å². The fraction of sp³-hybridized carbons (Fsp3) is 0.300. The Kier molecular flexibility index (Phi) is 6.01. The van der Waals surface area contributed by atoms with Gasteiger partial charge in [-0.25, -0.2) is 0 Å². The van der Waals surface area contributed by atoms with Gasteiger partial charge in [0.1, 0.15) is 0 Å². The number of carbonyl (C=O) groups is 1. The molecule has 1 fully saturated rings. The second-order valence-electron chi connectivity index (χ2n) is 6.35. The largest absolute Gasteiger partial charge is 0.332 e. The van der Waals surface area contributed by atoms with E-state index in [1.807, 2.05) is 54.6 Å². The van der Waals surface area contributed by atoms with Gasteiger partial charge in [-0.3, -0.25) is 4.79 Å². The summed E-state index contributed by atoms with van der Waals surface area (Å²) in [6, 6.07) is 17.4. The molecule has 0 atom stereocenters. The van der Waals surface area contributed by atoms with E-state index >= 15 is 0 Å². The molecule has 3 rings (SSSR count). The topological polar surface area (TPSA) is 53.2 Å². The van der Waals surface area contributed by atoms with E-state index in [2.05, 4.69) is 16.0 Å². The molecule has 0 bridgehead atoms. The van der Waals surface area contributed by atoms with Gasteiger partial charge < -0.3 is 16.0 Å². The van der Waals surface area contributed by atoms with Crippen LogP contribution in [0.5, 0.6) is 0 Å². The lowest BCUT2D eigenvalue weighted by molar-refractivity contribution is -0.120. The number of carbonyl (C=O) groups excluding carboxylic acids is 1. The lowest BCUT2D eigenvalue weighted by Crippen LogP contribution is -2.24. The van der Waals surface area contributed by atoms with Crippen molar-refractivity contribution in [2.24, 2.45) is 5.92 Å². The molecule has 1 amide bonds. The van der Waals surface area contributed by atoms with Crippen LogP contribution in [0.25, 0.3) is 0 Å². The Balaban J connectivity index is 1.57. The van der Waals surface area contributed by atoms with Crippen LogP contribution in [0.2, 0.25) is 0 Å². The molecule has 0 aliphatic heterocycles. The molecule has 2 aromatic rings. The first-order valence-corrected chi connectivity index (χ1v) is 9.15. The summed E-state index contributed by atoms with van der Waals surface area (Å²) >= 11 is 5.34. The first kappa shape index (κ1) is 17.4. The van der Waals surface area contributed by atoms with Gasteiger partial charge in [0, 0.05) is 23.0 Å². The minimum Gasteiger partial charge on any atom is -0.332 e. The number of para-hydroxylation sites is 1. The van der Waals surface area contributed by atoms with Gasteiger partial charge >= 0.3 is 0 Å². The Morgan fingerprint density at radius 1 is 0.800 bits per heavy atom. The Labute approximate surface area is 154 Å². The van der Waals surface area contributed by atoms with Crippen LogP contribution < -0.4 is 16.0 Å². The van der Waals surface area contributed by atoms with Gasteiger partial charge in [-0.1, -0.05) is 43.5 Å². The zero-order chi connectivity index (χ0) is 17.5. The van der Waals surface area contributed by atoms with Gasteiger partial charge in [0.15, 0.2) is 5.11 Å². The van der Waals surface area contributed by atoms with Crippen molar-refractivity contribution in [3.8, 4) is 0 Å². The molecule has 25 heavy (non-hydrogen) atoms. The maximum absolute atomic E-state index is 12.4. The molecule has 5 heteroatoms. The fourth-order valence-electron chi connectivity index (χ4n) is 3.10. The maximum Gasteiger partial charge on any atom is 0.227 e. The highest BCUT2D eigenvalue weighted by Gasteiger charge is 2.21. The molecule has 0 radical (unpaired) electrons. The molecule has 1 saturated carbocycles. The van der Waals surface area contributed by atoms with Crippen molar-refractivity contribution in [3.63, 3.8) is 0 Å². The molecule has 4 nitrogen and oxygen atoms in total. The molecular weight excluding hydrogens is 330 g/mol. The molecule has 130 valence electrons. The Morgan fingerprint density at radius 3 is 2.12 bits per heavy atom. The van der Waals surface area contributed by atoms with E-state index in [9.17, 15) is 4.79 Å². The average Bonchev–Trinajstić information content (AvgIpc) is 2.63. The molecule has 1 aliphatic carbocycles. The van der Waals surface area contributed by atoms with E-state index in [1.165, 1.54) is 6.42 Å². The third kappa shape index (κ3) is 5.29. The number of hydrogen-bond donors (Lipinski definition) is 3. The maximum atomic E-state index is 12.4. The smallest absolute Gasteiger partial charge is 0.227 e. The lowest BCUT2D eigenvalue weighted by atomic mass is 9.88. The van der Waals surface area contributed by atoms with E-state index in [4.69, 9.17) is 12.2 Å². The molecular formula is C20H23N3OS. The van der Waals surface area contributed by atoms with Crippen LogP contribution >= 0.6 is 12.2 Å². The highest BCUT2D eigenvalue weighted by Crippen LogP contribution is 2.25. The normalized spacial score (nSPS) is 14.6. The quantitative estimate of drug-likeness (QED) is 0.676. The first-order chi connectivity index (χ1) is 12.2. The number of amides is 1. The SMILES string of the molecule is O=C(Nc1cccc(NC(=S)Nc2ccccc2)c1)C1CCCCC1. The summed E-state index contributed by atoms with van der Waals surface area (Å²) in [5, 5.41) is 9.84. The zero-order valence-electron chi connectivity index (χ0n) is 14.1. The van der Waals surface area contributed by atoms with Gasteiger partial charge in [0.25, 0.3) is 0 Å². The van der Waals surface area contributed by atoms with E-state index in [1.54, 1.807) is 0 Å². The minimum absolute atomic E-state index is 0.127. The molecule has 0 saturated heterocycles. The lowest BCUT2D eigenvalue weighted by Gasteiger charge is -2.21. The molecule has 0 spiro atoms. The van der Waals surface area contributed by atoms with Crippen LogP contribution in [0.4, 0.5) is 17.1 Å². The average molecular weight is 353 g/mol. The van der Waals surface area contributed by atoms with E-state index in [-0.39, 0.29) is 11.8 Å². The summed E-state index contributed by atoms with van der Waals surface area (Å²) in [4.78, 5) is 12.4. The summed E-state index contributed by atoms with van der Waals surface area (Å²) in [6.45, 7) is 0. The first-order valence-electron chi connectivity index (χ1n) is 8.75. The van der Waals surface area contributed by atoms with E-state index in [0.29, 0.717) is 5.11 Å². The summed E-state index contributed by atoms with van der Waals surface area (Å²) in [5.41, 5.74) is 2.57. The molecule has 2 aromatic carbocycles. The summed E-state index contributed by atoms with van der Waals surface area (Å²) in [6.07, 6.45) is 5.54. The van der Waals surface area contributed by atoms with Crippen molar-refractivity contribution in [2.75, 3.05) is 16.0 Å². The molecule has 3 N–H and O–H groups in total. The second-order valence-corrected chi connectivity index (χ2v) is 6.76. The van der Waals surface area contributed by atoms with E-state index < -0.39 is 0 Å². The van der Waals surface area contributed by atoms with Gasteiger partial charge in [-0.2, -0.15) is 0 Å². The zero-order valence-corrected chi connectivity index (χ0v) is 14.9. The fourth-order valence-corrected chi connectivity index (χ4v) is 3.33. The van der Waals surface area contributed by atoms with Crippen LogP contribution in [0.3, 0.4) is 0 Å². The van der Waals surface area contributed by atoms with Crippen LogP contribution in [0.1, 0.15) is 32.1 Å². The Bertz CT molecular complexity index is 727. The number of nitrogens with one attached hydrogen (secondary N) is 3. The van der Waals surface area contributed by atoms with E-state index in [0.717, 1.165) is 42.7 Å². The number of hydrogen-bond acceptors (Lipinski definition) is 2. The van der Waals surface area contributed by atoms with Gasteiger partial charge in [0.05, 0.1) is 0 Å². The van der Waals surface area contributed by atoms with Crippen molar-refractivity contribution in [2.45, 2.75) is 32.1 Å². The van der Waals surface area contributed by atoms with Crippen LogP contribution in [0.15, 0.2) is 54.6 Å². The monoisotopic (exact) mass is 353 g/mol. The minimum atomic E-state index is 0.127. The molecule has 0 heterocycles. The predicted octanol–water partition coefficient (Wildman–Crippen LogP) is 5.01. The highest BCUT2D eigenvalue weighted by molar-refractivity contribution is 7.80. The van der Waals surface area contributed by atoms with Gasteiger partial charge in [-0.15, -0.1) is 0 Å². The Morgan fingerprint density at radius 2 is 1.40 bits per heavy atom. The third-order valence-corrected chi connectivity index (χ3v) is 4.60. The van der Waals surface area contributed by atoms with Gasteiger partial charge in [0.2, 0.25) is 5.91 Å². The van der Waals surface area contributed by atoms with Crippen molar-refractivity contribution in [3.05, 3.63) is 54.6 Å². The van der Waals surface area contributed by atoms with Crippen LogP contribution in [0, 0.1) is 5.92 Å². The predicted molar refractivity (Wildman–Crippen MR) is 108 cm³/mol. The van der Waals surface area contributed by atoms with Crippen molar-refractivity contribution >= 4 is 40.3 Å². The van der Waals surface area contributed by atoms with Crippen molar-refractivity contribution in [1.82, 2.24) is 0 Å². The summed E-state index contributed by atoms with van der Waals surface area (Å²) in [7, 11) is 0. The number of anilines is 3. The molecule has 0 aromatic heterocycles. The summed E-state index contributed by atoms with van der Waals surface area (Å²) in [5.74, 6) is 0.271. The standard InChI is InChI=1S/C20H23N3OS/c24-19(15-8-3-1-4-9-15)21-17-12-7-13-18(14-17)23-20(25)22-16-10-5-2-6-11-16/h2,5-7,10-15H,1,3-4,8-9H2,(H,21,24)(H2,22,23,25). The second kappa shape index (κ2) is 8.62.